The summed E-state index contributed by atoms with van der Waals surface area (Å²) < 4.78 is 0. The first-order valence-corrected chi connectivity index (χ1v) is 5.51. The van der Waals surface area contributed by atoms with Crippen molar-refractivity contribution >= 4 is 5.97 Å². The first-order chi connectivity index (χ1) is 7.64. The van der Waals surface area contributed by atoms with Gasteiger partial charge in [0.1, 0.15) is 0 Å². The monoisotopic (exact) mass is 220 g/mol. The van der Waals surface area contributed by atoms with Crippen molar-refractivity contribution in [3.05, 3.63) is 48.6 Å². The molecular weight excluding hydrogens is 200 g/mol. The van der Waals surface area contributed by atoms with Gasteiger partial charge < -0.3 is 5.11 Å². The smallest absolute Gasteiger partial charge is 0.330 e. The van der Waals surface area contributed by atoms with Crippen molar-refractivity contribution < 1.29 is 9.90 Å². The molecule has 0 unspecified atom stereocenters. The molecule has 0 heterocycles. The van der Waals surface area contributed by atoms with Gasteiger partial charge in [-0.25, -0.2) is 4.79 Å². The highest BCUT2D eigenvalue weighted by Crippen LogP contribution is 2.03. The van der Waals surface area contributed by atoms with Gasteiger partial charge in [-0.15, -0.1) is 0 Å². The van der Waals surface area contributed by atoms with Crippen LogP contribution in [0.2, 0.25) is 0 Å². The van der Waals surface area contributed by atoms with Crippen LogP contribution in [0.3, 0.4) is 0 Å². The third-order valence-electron chi connectivity index (χ3n) is 1.96. The minimum atomic E-state index is -0.935. The molecule has 0 spiro atoms. The van der Waals surface area contributed by atoms with Gasteiger partial charge in [-0.05, 0) is 32.6 Å². The Hall–Kier alpha value is -1.57. The standard InChI is InChI=1S/C10H14.C4H6O2/c1-2-4-6-8-10-9-7-5-3-1;1-3(2)4(5)6/h1-6H,7-10H2;1H2,2H3,(H,5,6)/b2-1+,5-3-,6-4+;. The second-order valence-electron chi connectivity index (χ2n) is 3.61. The Morgan fingerprint density at radius 3 is 1.75 bits per heavy atom. The van der Waals surface area contributed by atoms with E-state index in [0.29, 0.717) is 0 Å². The minimum Gasteiger partial charge on any atom is -0.478 e. The van der Waals surface area contributed by atoms with Crippen LogP contribution in [0.5, 0.6) is 0 Å². The highest BCUT2D eigenvalue weighted by Gasteiger charge is 1.90. The van der Waals surface area contributed by atoms with Crippen molar-refractivity contribution in [2.75, 3.05) is 0 Å². The number of aliphatic carboxylic acids is 1. The van der Waals surface area contributed by atoms with Crippen molar-refractivity contribution in [3.8, 4) is 0 Å². The first kappa shape index (κ1) is 14.4. The van der Waals surface area contributed by atoms with Crippen molar-refractivity contribution in [3.63, 3.8) is 0 Å². The zero-order chi connectivity index (χ0) is 12.2. The Bertz CT molecular complexity index is 266. The van der Waals surface area contributed by atoms with Gasteiger partial charge in [-0.1, -0.05) is 43.0 Å². The lowest BCUT2D eigenvalue weighted by atomic mass is 10.1. The van der Waals surface area contributed by atoms with Crippen LogP contribution in [-0.2, 0) is 4.79 Å². The Morgan fingerprint density at radius 2 is 1.44 bits per heavy atom. The maximum Gasteiger partial charge on any atom is 0.330 e. The lowest BCUT2D eigenvalue weighted by Crippen LogP contribution is -1.92. The molecule has 16 heavy (non-hydrogen) atoms. The number of hydrogen-bond acceptors (Lipinski definition) is 1. The molecule has 2 heteroatoms. The average molecular weight is 220 g/mol. The van der Waals surface area contributed by atoms with E-state index >= 15 is 0 Å². The maximum absolute atomic E-state index is 9.60. The zero-order valence-electron chi connectivity index (χ0n) is 9.86. The number of hydrogen-bond donors (Lipinski definition) is 1. The van der Waals surface area contributed by atoms with Gasteiger partial charge in [0.2, 0.25) is 0 Å². The molecule has 0 aliphatic heterocycles. The lowest BCUT2D eigenvalue weighted by molar-refractivity contribution is -0.132. The van der Waals surface area contributed by atoms with Gasteiger partial charge in [0.05, 0.1) is 0 Å². The number of rotatable bonds is 1. The van der Waals surface area contributed by atoms with E-state index in [2.05, 4.69) is 43.0 Å². The second kappa shape index (κ2) is 9.97. The number of allylic oxidation sites excluding steroid dienone is 6. The highest BCUT2D eigenvalue weighted by atomic mass is 16.4. The van der Waals surface area contributed by atoms with E-state index in [1.165, 1.54) is 32.6 Å². The third kappa shape index (κ3) is 10.5. The Labute approximate surface area is 97.7 Å². The van der Waals surface area contributed by atoms with Crippen LogP contribution in [0.4, 0.5) is 0 Å². The maximum atomic E-state index is 9.60. The first-order valence-electron chi connectivity index (χ1n) is 5.51. The topological polar surface area (TPSA) is 37.3 Å². The average Bonchev–Trinajstić information content (AvgIpc) is 2.27. The fourth-order valence-corrected chi connectivity index (χ4v) is 1.00. The summed E-state index contributed by atoms with van der Waals surface area (Å²) in [6.45, 7) is 4.60. The minimum absolute atomic E-state index is 0.176. The molecule has 1 rings (SSSR count). The van der Waals surface area contributed by atoms with E-state index < -0.39 is 5.97 Å². The van der Waals surface area contributed by atoms with E-state index in [0.717, 1.165) is 0 Å². The molecule has 1 aliphatic carbocycles. The molecule has 0 bridgehead atoms. The van der Waals surface area contributed by atoms with Crippen LogP contribution in [0.15, 0.2) is 48.6 Å². The van der Waals surface area contributed by atoms with Gasteiger partial charge in [0.15, 0.2) is 0 Å². The van der Waals surface area contributed by atoms with Crippen LogP contribution >= 0.6 is 0 Å². The molecule has 0 saturated carbocycles. The molecule has 2 nitrogen and oxygen atoms in total. The molecule has 1 N–H and O–H groups in total. The Morgan fingerprint density at radius 1 is 1.06 bits per heavy atom. The second-order valence-corrected chi connectivity index (χ2v) is 3.61. The molecular formula is C14H20O2. The lowest BCUT2D eigenvalue weighted by Gasteiger charge is -1.92. The molecule has 88 valence electrons. The van der Waals surface area contributed by atoms with E-state index in [9.17, 15) is 4.79 Å². The van der Waals surface area contributed by atoms with Gasteiger partial charge in [-0.3, -0.25) is 0 Å². The van der Waals surface area contributed by atoms with Crippen LogP contribution in [0, 0.1) is 0 Å². The Kier molecular flexibility index (Phi) is 8.99. The number of carboxylic acids is 1. The number of carboxylic acid groups (broad SMARTS) is 1. The molecule has 1 aliphatic rings. The predicted octanol–water partition coefficient (Wildman–Crippen LogP) is 3.88. The van der Waals surface area contributed by atoms with E-state index in [1.807, 2.05) is 0 Å². The predicted molar refractivity (Wildman–Crippen MR) is 68.3 cm³/mol. The van der Waals surface area contributed by atoms with E-state index in [1.54, 1.807) is 0 Å². The molecule has 0 aromatic carbocycles. The SMILES string of the molecule is C1=C\CCCC/C=C/C=C/1.C=C(C)C(=O)O. The highest BCUT2D eigenvalue weighted by molar-refractivity contribution is 5.84. The third-order valence-corrected chi connectivity index (χ3v) is 1.96. The zero-order valence-corrected chi connectivity index (χ0v) is 9.86. The molecule has 0 fully saturated rings. The van der Waals surface area contributed by atoms with Gasteiger partial charge in [-0.2, -0.15) is 0 Å². The summed E-state index contributed by atoms with van der Waals surface area (Å²) in [7, 11) is 0. The molecule has 0 amide bonds. The van der Waals surface area contributed by atoms with Crippen LogP contribution in [-0.4, -0.2) is 11.1 Å². The normalized spacial score (nSPS) is 20.8. The van der Waals surface area contributed by atoms with Gasteiger partial charge in [0.25, 0.3) is 0 Å². The molecule has 0 atom stereocenters. The van der Waals surface area contributed by atoms with Crippen LogP contribution in [0.25, 0.3) is 0 Å². The van der Waals surface area contributed by atoms with Gasteiger partial charge in [0, 0.05) is 5.57 Å². The fourth-order valence-electron chi connectivity index (χ4n) is 1.00. The summed E-state index contributed by atoms with van der Waals surface area (Å²) in [5, 5.41) is 7.89. The van der Waals surface area contributed by atoms with Crippen molar-refractivity contribution in [2.45, 2.75) is 32.6 Å². The van der Waals surface area contributed by atoms with Gasteiger partial charge >= 0.3 is 5.97 Å². The van der Waals surface area contributed by atoms with E-state index in [-0.39, 0.29) is 5.57 Å². The summed E-state index contributed by atoms with van der Waals surface area (Å²) >= 11 is 0. The fraction of sp³-hybridized carbons (Fsp3) is 0.357. The van der Waals surface area contributed by atoms with E-state index in [4.69, 9.17) is 5.11 Å². The summed E-state index contributed by atoms with van der Waals surface area (Å²) in [4.78, 5) is 9.60. The summed E-state index contributed by atoms with van der Waals surface area (Å²) in [5.74, 6) is -0.935. The molecule has 0 aromatic heterocycles. The number of carbonyl (C=O) groups is 1. The van der Waals surface area contributed by atoms with Crippen LogP contribution in [0.1, 0.15) is 32.6 Å². The summed E-state index contributed by atoms with van der Waals surface area (Å²) in [5.41, 5.74) is 0.176. The van der Waals surface area contributed by atoms with Crippen molar-refractivity contribution in [1.29, 1.82) is 0 Å². The molecule has 0 radical (unpaired) electrons. The van der Waals surface area contributed by atoms with Crippen molar-refractivity contribution in [1.82, 2.24) is 0 Å². The quantitative estimate of drug-likeness (QED) is 0.681. The largest absolute Gasteiger partial charge is 0.478 e. The molecule has 0 aromatic rings. The summed E-state index contributed by atoms with van der Waals surface area (Å²) in [6, 6.07) is 0. The summed E-state index contributed by atoms with van der Waals surface area (Å²) in [6.07, 6.45) is 18.0. The molecule has 0 saturated heterocycles. The van der Waals surface area contributed by atoms with Crippen LogP contribution < -0.4 is 0 Å². The van der Waals surface area contributed by atoms with Crippen molar-refractivity contribution in [2.24, 2.45) is 0 Å². The Balaban J connectivity index is 0.000000325.